The fourth-order valence-corrected chi connectivity index (χ4v) is 3.70. The summed E-state index contributed by atoms with van der Waals surface area (Å²) in [5, 5.41) is 5.61. The Bertz CT molecular complexity index is 678. The smallest absolute Gasteiger partial charge is 0.275 e. The van der Waals surface area contributed by atoms with Crippen LogP contribution in [-0.2, 0) is 11.3 Å². The van der Waals surface area contributed by atoms with E-state index in [9.17, 15) is 4.79 Å². The van der Waals surface area contributed by atoms with E-state index in [1.165, 1.54) is 37.0 Å². The largest absolute Gasteiger partial charge is 0.378 e. The molecule has 1 aromatic heterocycles. The molecule has 0 radical (unpaired) electrons. The summed E-state index contributed by atoms with van der Waals surface area (Å²) in [7, 11) is 1.62. The number of hydrogen-bond donors (Lipinski definition) is 1. The van der Waals surface area contributed by atoms with Gasteiger partial charge in [-0.1, -0.05) is 25.0 Å². The van der Waals surface area contributed by atoms with Crippen molar-refractivity contribution in [1.29, 1.82) is 0 Å². The number of nitrogens with one attached hydrogen (secondary N) is 1. The minimum atomic E-state index is -0.170. The number of hydrogen-bond acceptors (Lipinski definition) is 5. The second-order valence-corrected chi connectivity index (χ2v) is 6.87. The minimum absolute atomic E-state index is 0.170. The number of benzene rings is 1. The molecule has 6 heteroatoms. The van der Waals surface area contributed by atoms with E-state index in [-0.39, 0.29) is 5.91 Å². The van der Waals surface area contributed by atoms with Crippen molar-refractivity contribution in [1.82, 2.24) is 4.98 Å². The van der Waals surface area contributed by atoms with Crippen molar-refractivity contribution in [2.24, 2.45) is 0 Å². The topological polar surface area (TPSA) is 54.5 Å². The second-order valence-electron chi connectivity index (χ2n) is 5.93. The van der Waals surface area contributed by atoms with Gasteiger partial charge in [0, 0.05) is 25.6 Å². The Labute approximate surface area is 146 Å². The summed E-state index contributed by atoms with van der Waals surface area (Å²) in [5.74, 6) is -0.170. The van der Waals surface area contributed by atoms with Crippen LogP contribution in [0.5, 0.6) is 0 Å². The lowest BCUT2D eigenvalue weighted by molar-refractivity contribution is 0.102. The molecule has 2 aromatic rings. The summed E-state index contributed by atoms with van der Waals surface area (Å²) in [4.78, 5) is 19.2. The Kier molecular flexibility index (Phi) is 5.82. The molecule has 1 saturated heterocycles. The van der Waals surface area contributed by atoms with Crippen molar-refractivity contribution in [2.45, 2.75) is 32.3 Å². The molecule has 5 nitrogen and oxygen atoms in total. The van der Waals surface area contributed by atoms with Gasteiger partial charge in [-0.25, -0.2) is 4.98 Å². The van der Waals surface area contributed by atoms with Crippen LogP contribution in [0.25, 0.3) is 0 Å². The van der Waals surface area contributed by atoms with Gasteiger partial charge >= 0.3 is 0 Å². The van der Waals surface area contributed by atoms with Crippen molar-refractivity contribution in [3.63, 3.8) is 0 Å². The lowest BCUT2D eigenvalue weighted by atomic mass is 10.2. The Morgan fingerprint density at radius 3 is 2.75 bits per heavy atom. The zero-order valence-electron chi connectivity index (χ0n) is 14.0. The van der Waals surface area contributed by atoms with Crippen molar-refractivity contribution in [3.05, 3.63) is 40.3 Å². The van der Waals surface area contributed by atoms with Gasteiger partial charge in [0.15, 0.2) is 0 Å². The van der Waals surface area contributed by atoms with E-state index in [4.69, 9.17) is 4.74 Å². The number of carbonyl (C=O) groups excluding carboxylic acids is 1. The van der Waals surface area contributed by atoms with E-state index in [1.54, 1.807) is 12.5 Å². The van der Waals surface area contributed by atoms with Crippen molar-refractivity contribution >= 4 is 28.6 Å². The standard InChI is InChI=1S/C18H23N3O2S/c1-23-12-17-19-15(13-24-17)18(22)20-14-8-4-5-9-16(14)21-10-6-2-3-7-11-21/h4-5,8-9,13H,2-3,6-7,10-12H2,1H3,(H,20,22). The van der Waals surface area contributed by atoms with Crippen molar-refractivity contribution in [2.75, 3.05) is 30.4 Å². The van der Waals surface area contributed by atoms with E-state index in [1.807, 2.05) is 18.2 Å². The monoisotopic (exact) mass is 345 g/mol. The number of ether oxygens (including phenoxy) is 1. The molecule has 3 rings (SSSR count). The van der Waals surface area contributed by atoms with Crippen LogP contribution in [0.3, 0.4) is 0 Å². The van der Waals surface area contributed by atoms with Gasteiger partial charge in [-0.2, -0.15) is 0 Å². The Morgan fingerprint density at radius 1 is 1.25 bits per heavy atom. The summed E-state index contributed by atoms with van der Waals surface area (Å²) in [6, 6.07) is 8.02. The first-order chi connectivity index (χ1) is 11.8. The highest BCUT2D eigenvalue weighted by molar-refractivity contribution is 7.09. The first kappa shape index (κ1) is 16.9. The van der Waals surface area contributed by atoms with Crippen LogP contribution >= 0.6 is 11.3 Å². The third kappa shape index (κ3) is 4.13. The fraction of sp³-hybridized carbons (Fsp3) is 0.444. The van der Waals surface area contributed by atoms with Crippen molar-refractivity contribution in [3.8, 4) is 0 Å². The summed E-state index contributed by atoms with van der Waals surface area (Å²) in [6.07, 6.45) is 4.97. The summed E-state index contributed by atoms with van der Waals surface area (Å²) >= 11 is 1.44. The SMILES string of the molecule is COCc1nc(C(=O)Nc2ccccc2N2CCCCCC2)cs1. The second kappa shape index (κ2) is 8.26. The van der Waals surface area contributed by atoms with E-state index < -0.39 is 0 Å². The zero-order chi connectivity index (χ0) is 16.8. The summed E-state index contributed by atoms with van der Waals surface area (Å²) in [6.45, 7) is 2.52. The molecule has 24 heavy (non-hydrogen) atoms. The molecule has 1 aliphatic heterocycles. The molecular formula is C18H23N3O2S. The van der Waals surface area contributed by atoms with Gasteiger partial charge in [-0.3, -0.25) is 4.79 Å². The van der Waals surface area contributed by atoms with Crippen LogP contribution in [0.1, 0.15) is 41.2 Å². The van der Waals surface area contributed by atoms with Crippen LogP contribution in [0, 0.1) is 0 Å². The maximum absolute atomic E-state index is 12.5. The maximum atomic E-state index is 12.5. The number of amides is 1. The number of anilines is 2. The molecule has 1 aromatic carbocycles. The first-order valence-corrected chi connectivity index (χ1v) is 9.24. The molecule has 1 aliphatic rings. The fourth-order valence-electron chi connectivity index (χ4n) is 2.96. The molecule has 1 N–H and O–H groups in total. The molecular weight excluding hydrogens is 322 g/mol. The number of thiazole rings is 1. The van der Waals surface area contributed by atoms with E-state index in [2.05, 4.69) is 21.3 Å². The lowest BCUT2D eigenvalue weighted by Crippen LogP contribution is -2.25. The van der Waals surface area contributed by atoms with Gasteiger partial charge < -0.3 is 15.0 Å². The Hall–Kier alpha value is -1.92. The van der Waals surface area contributed by atoms with E-state index in [0.717, 1.165) is 29.5 Å². The predicted molar refractivity (Wildman–Crippen MR) is 97.9 cm³/mol. The Balaban J connectivity index is 1.75. The highest BCUT2D eigenvalue weighted by Crippen LogP contribution is 2.28. The van der Waals surface area contributed by atoms with E-state index in [0.29, 0.717) is 12.3 Å². The van der Waals surface area contributed by atoms with Crippen LogP contribution < -0.4 is 10.2 Å². The molecule has 0 aliphatic carbocycles. The summed E-state index contributed by atoms with van der Waals surface area (Å²) in [5.41, 5.74) is 2.39. The quantitative estimate of drug-likeness (QED) is 0.892. The minimum Gasteiger partial charge on any atom is -0.378 e. The molecule has 0 atom stereocenters. The van der Waals surface area contributed by atoms with Gasteiger partial charge in [0.05, 0.1) is 18.0 Å². The molecule has 2 heterocycles. The highest BCUT2D eigenvalue weighted by Gasteiger charge is 2.16. The molecule has 1 amide bonds. The van der Waals surface area contributed by atoms with Crippen LogP contribution in [0.15, 0.2) is 29.6 Å². The molecule has 1 fully saturated rings. The van der Waals surface area contributed by atoms with Gasteiger partial charge in [-0.05, 0) is 25.0 Å². The van der Waals surface area contributed by atoms with Gasteiger partial charge in [0.1, 0.15) is 10.7 Å². The highest BCUT2D eigenvalue weighted by atomic mass is 32.1. The number of nitrogens with zero attached hydrogens (tertiary/aromatic N) is 2. The normalized spacial score (nSPS) is 15.1. The molecule has 0 spiro atoms. The average Bonchev–Trinajstić information content (AvgIpc) is 2.90. The number of aromatic nitrogens is 1. The summed E-state index contributed by atoms with van der Waals surface area (Å²) < 4.78 is 5.06. The van der Waals surface area contributed by atoms with Crippen LogP contribution in [0.2, 0.25) is 0 Å². The number of rotatable bonds is 5. The van der Waals surface area contributed by atoms with Gasteiger partial charge in [0.25, 0.3) is 5.91 Å². The molecule has 128 valence electrons. The van der Waals surface area contributed by atoms with E-state index >= 15 is 0 Å². The number of methoxy groups -OCH3 is 1. The maximum Gasteiger partial charge on any atom is 0.275 e. The Morgan fingerprint density at radius 2 is 2.00 bits per heavy atom. The zero-order valence-corrected chi connectivity index (χ0v) is 14.8. The van der Waals surface area contributed by atoms with Crippen molar-refractivity contribution < 1.29 is 9.53 Å². The first-order valence-electron chi connectivity index (χ1n) is 8.36. The van der Waals surface area contributed by atoms with Gasteiger partial charge in [-0.15, -0.1) is 11.3 Å². The number of para-hydroxylation sites is 2. The number of carbonyl (C=O) groups is 1. The predicted octanol–water partition coefficient (Wildman–Crippen LogP) is 3.92. The average molecular weight is 345 g/mol. The van der Waals surface area contributed by atoms with Crippen LogP contribution in [-0.4, -0.2) is 31.1 Å². The van der Waals surface area contributed by atoms with Gasteiger partial charge in [0.2, 0.25) is 0 Å². The molecule has 0 saturated carbocycles. The lowest BCUT2D eigenvalue weighted by Gasteiger charge is -2.25. The molecule has 0 bridgehead atoms. The third-order valence-electron chi connectivity index (χ3n) is 4.15. The third-order valence-corrected chi connectivity index (χ3v) is 4.97. The molecule has 0 unspecified atom stereocenters. The van der Waals surface area contributed by atoms with Crippen LogP contribution in [0.4, 0.5) is 11.4 Å².